The summed E-state index contributed by atoms with van der Waals surface area (Å²) in [4.78, 5) is 20.6. The van der Waals surface area contributed by atoms with E-state index in [4.69, 9.17) is 4.74 Å². The van der Waals surface area contributed by atoms with E-state index in [1.165, 1.54) is 43.4 Å². The van der Waals surface area contributed by atoms with Crippen LogP contribution < -0.4 is 9.64 Å². The standard InChI is InChI=1S/C23H32N2O2S/c1-5-6-7-8-9-10-11-14-25-20-15-19(22-17(3)28-18(4)24-22)12-13-21(20)27-16(2)23(25)26/h12-13,15-16H,5-11,14H2,1-4H3. The minimum atomic E-state index is -0.425. The molecule has 0 spiro atoms. The van der Waals surface area contributed by atoms with Crippen molar-refractivity contribution in [3.05, 3.63) is 28.1 Å². The van der Waals surface area contributed by atoms with E-state index >= 15 is 0 Å². The maximum absolute atomic E-state index is 12.8. The highest BCUT2D eigenvalue weighted by atomic mass is 32.1. The van der Waals surface area contributed by atoms with Crippen LogP contribution in [0.2, 0.25) is 0 Å². The number of unbranched alkanes of at least 4 members (excludes halogenated alkanes) is 6. The third-order valence-corrected chi connectivity index (χ3v) is 6.22. The van der Waals surface area contributed by atoms with E-state index in [1.54, 1.807) is 11.3 Å². The summed E-state index contributed by atoms with van der Waals surface area (Å²) in [5.41, 5.74) is 2.94. The first-order valence-corrected chi connectivity index (χ1v) is 11.4. The van der Waals surface area contributed by atoms with E-state index < -0.39 is 6.10 Å². The highest BCUT2D eigenvalue weighted by Gasteiger charge is 2.31. The number of ether oxygens (including phenoxy) is 1. The summed E-state index contributed by atoms with van der Waals surface area (Å²) in [5.74, 6) is 0.852. The number of rotatable bonds is 9. The lowest BCUT2D eigenvalue weighted by Gasteiger charge is -2.33. The fourth-order valence-electron chi connectivity index (χ4n) is 3.81. The van der Waals surface area contributed by atoms with Crippen LogP contribution in [0.25, 0.3) is 11.3 Å². The number of amides is 1. The molecule has 28 heavy (non-hydrogen) atoms. The second kappa shape index (κ2) is 9.55. The lowest BCUT2D eigenvalue weighted by molar-refractivity contribution is -0.125. The Morgan fingerprint density at radius 1 is 1.11 bits per heavy atom. The fraction of sp³-hybridized carbons (Fsp3) is 0.565. The summed E-state index contributed by atoms with van der Waals surface area (Å²) in [6, 6.07) is 6.11. The van der Waals surface area contributed by atoms with Crippen molar-refractivity contribution in [2.24, 2.45) is 0 Å². The summed E-state index contributed by atoms with van der Waals surface area (Å²) >= 11 is 1.71. The molecule has 5 heteroatoms. The summed E-state index contributed by atoms with van der Waals surface area (Å²) < 4.78 is 5.86. The minimum absolute atomic E-state index is 0.0572. The Bertz CT molecular complexity index is 815. The molecule has 0 N–H and O–H groups in total. The summed E-state index contributed by atoms with van der Waals surface area (Å²) in [6.07, 6.45) is 8.24. The van der Waals surface area contributed by atoms with Gasteiger partial charge in [0, 0.05) is 17.0 Å². The molecule has 1 unspecified atom stereocenters. The molecule has 1 aromatic carbocycles. The van der Waals surface area contributed by atoms with Crippen LogP contribution in [0.5, 0.6) is 5.75 Å². The van der Waals surface area contributed by atoms with Gasteiger partial charge in [-0.3, -0.25) is 4.79 Å². The van der Waals surface area contributed by atoms with Gasteiger partial charge in [0.05, 0.1) is 16.4 Å². The molecular weight excluding hydrogens is 368 g/mol. The van der Waals surface area contributed by atoms with Crippen LogP contribution in [0.15, 0.2) is 18.2 Å². The summed E-state index contributed by atoms with van der Waals surface area (Å²) in [7, 11) is 0. The third-order valence-electron chi connectivity index (χ3n) is 5.33. The molecule has 2 heterocycles. The second-order valence-electron chi connectivity index (χ2n) is 7.69. The molecule has 0 aliphatic carbocycles. The molecule has 1 aromatic heterocycles. The number of aryl methyl sites for hydroxylation is 2. The van der Waals surface area contributed by atoms with E-state index in [0.717, 1.165) is 40.7 Å². The number of nitrogens with zero attached hydrogens (tertiary/aromatic N) is 2. The van der Waals surface area contributed by atoms with Gasteiger partial charge in [-0.25, -0.2) is 4.98 Å². The molecule has 0 bridgehead atoms. The molecule has 1 atom stereocenters. The second-order valence-corrected chi connectivity index (χ2v) is 9.10. The lowest BCUT2D eigenvalue weighted by atomic mass is 10.1. The zero-order valence-corrected chi connectivity index (χ0v) is 18.4. The number of carbonyl (C=O) groups excluding carboxylic acids is 1. The number of benzene rings is 1. The van der Waals surface area contributed by atoms with Crippen LogP contribution in [0, 0.1) is 13.8 Å². The third kappa shape index (κ3) is 4.75. The predicted molar refractivity (Wildman–Crippen MR) is 117 cm³/mol. The Balaban J connectivity index is 1.73. The van der Waals surface area contributed by atoms with E-state index in [0.29, 0.717) is 0 Å². The van der Waals surface area contributed by atoms with Gasteiger partial charge in [0.25, 0.3) is 5.91 Å². The highest BCUT2D eigenvalue weighted by Crippen LogP contribution is 2.39. The number of fused-ring (bicyclic) bond motifs is 1. The number of hydrogen-bond donors (Lipinski definition) is 0. The number of hydrogen-bond acceptors (Lipinski definition) is 4. The van der Waals surface area contributed by atoms with Gasteiger partial charge in [-0.15, -0.1) is 11.3 Å². The van der Waals surface area contributed by atoms with Gasteiger partial charge in [-0.2, -0.15) is 0 Å². The van der Waals surface area contributed by atoms with Crippen molar-refractivity contribution in [3.8, 4) is 17.0 Å². The van der Waals surface area contributed by atoms with Gasteiger partial charge in [0.1, 0.15) is 5.75 Å². The molecule has 1 amide bonds. The highest BCUT2D eigenvalue weighted by molar-refractivity contribution is 7.11. The van der Waals surface area contributed by atoms with Crippen molar-refractivity contribution in [1.82, 2.24) is 4.98 Å². The Labute approximate surface area is 172 Å². The topological polar surface area (TPSA) is 42.4 Å². The van der Waals surface area contributed by atoms with Gasteiger partial charge in [-0.05, 0) is 45.4 Å². The van der Waals surface area contributed by atoms with E-state index in [9.17, 15) is 4.79 Å². The minimum Gasteiger partial charge on any atom is -0.479 e. The zero-order valence-electron chi connectivity index (χ0n) is 17.6. The molecule has 0 radical (unpaired) electrons. The average molecular weight is 401 g/mol. The molecule has 1 aliphatic rings. The van der Waals surface area contributed by atoms with Crippen LogP contribution in [0.3, 0.4) is 0 Å². The van der Waals surface area contributed by atoms with E-state index in [1.807, 2.05) is 24.8 Å². The van der Waals surface area contributed by atoms with E-state index in [2.05, 4.69) is 31.0 Å². The quantitative estimate of drug-likeness (QED) is 0.464. The van der Waals surface area contributed by atoms with Crippen molar-refractivity contribution >= 4 is 22.9 Å². The van der Waals surface area contributed by atoms with Crippen molar-refractivity contribution in [1.29, 1.82) is 0 Å². The maximum atomic E-state index is 12.8. The molecule has 1 aliphatic heterocycles. The summed E-state index contributed by atoms with van der Waals surface area (Å²) in [6.45, 7) is 8.96. The van der Waals surface area contributed by atoms with E-state index in [-0.39, 0.29) is 5.91 Å². The summed E-state index contributed by atoms with van der Waals surface area (Å²) in [5, 5.41) is 1.06. The predicted octanol–water partition coefficient (Wildman–Crippen LogP) is 6.29. The molecule has 152 valence electrons. The SMILES string of the molecule is CCCCCCCCCN1C(=O)C(C)Oc2ccc(-c3nc(C)sc3C)cc21. The fourth-order valence-corrected chi connectivity index (χ4v) is 4.65. The van der Waals surface area contributed by atoms with Gasteiger partial charge in [0.2, 0.25) is 0 Å². The van der Waals surface area contributed by atoms with Crippen LogP contribution in [0.1, 0.15) is 68.7 Å². The first-order chi connectivity index (χ1) is 13.5. The number of carbonyl (C=O) groups is 1. The van der Waals surface area contributed by atoms with Crippen LogP contribution in [-0.4, -0.2) is 23.5 Å². The van der Waals surface area contributed by atoms with Crippen molar-refractivity contribution in [3.63, 3.8) is 0 Å². The van der Waals surface area contributed by atoms with Gasteiger partial charge >= 0.3 is 0 Å². The number of aromatic nitrogens is 1. The molecule has 0 saturated carbocycles. The van der Waals surface area contributed by atoms with Crippen molar-refractivity contribution in [2.45, 2.75) is 78.7 Å². The normalized spacial score (nSPS) is 16.2. The Kier molecular flexibility index (Phi) is 7.11. The first-order valence-electron chi connectivity index (χ1n) is 10.6. The van der Waals surface area contributed by atoms with Crippen molar-refractivity contribution in [2.75, 3.05) is 11.4 Å². The Morgan fingerprint density at radius 3 is 2.50 bits per heavy atom. The zero-order chi connectivity index (χ0) is 20.1. The molecule has 0 saturated heterocycles. The van der Waals surface area contributed by atoms with Gasteiger partial charge < -0.3 is 9.64 Å². The number of anilines is 1. The van der Waals surface area contributed by atoms with Gasteiger partial charge in [0.15, 0.2) is 6.10 Å². The Hall–Kier alpha value is -1.88. The smallest absolute Gasteiger partial charge is 0.267 e. The van der Waals surface area contributed by atoms with Crippen LogP contribution in [0.4, 0.5) is 5.69 Å². The number of thiazole rings is 1. The first kappa shape index (κ1) is 20.8. The van der Waals surface area contributed by atoms with Crippen LogP contribution in [-0.2, 0) is 4.79 Å². The van der Waals surface area contributed by atoms with Crippen LogP contribution >= 0.6 is 11.3 Å². The molecule has 0 fully saturated rings. The maximum Gasteiger partial charge on any atom is 0.267 e. The lowest BCUT2D eigenvalue weighted by Crippen LogP contribution is -2.44. The Morgan fingerprint density at radius 2 is 1.82 bits per heavy atom. The average Bonchev–Trinajstić information content (AvgIpc) is 3.01. The molecule has 2 aromatic rings. The molecular formula is C23H32N2O2S. The monoisotopic (exact) mass is 400 g/mol. The largest absolute Gasteiger partial charge is 0.479 e. The molecule has 4 nitrogen and oxygen atoms in total. The van der Waals surface area contributed by atoms with Crippen molar-refractivity contribution < 1.29 is 9.53 Å². The van der Waals surface area contributed by atoms with Gasteiger partial charge in [-0.1, -0.05) is 45.4 Å². The molecule has 3 rings (SSSR count).